The quantitative estimate of drug-likeness (QED) is 0.494. The minimum Gasteiger partial charge on any atom is -0.389 e. The van der Waals surface area contributed by atoms with Crippen molar-refractivity contribution in [3.63, 3.8) is 0 Å². The van der Waals surface area contributed by atoms with E-state index in [4.69, 9.17) is 0 Å². The van der Waals surface area contributed by atoms with Gasteiger partial charge < -0.3 is 10.2 Å². The molecule has 6 heteroatoms. The SMILES string of the molecule is O=[N+]([O-])c1cccc(C(O)C(O)CBr)c1. The third-order valence-electron chi connectivity index (χ3n) is 1.95. The Balaban J connectivity index is 2.94. The lowest BCUT2D eigenvalue weighted by atomic mass is 10.1. The number of hydrogen-bond acceptors (Lipinski definition) is 4. The molecule has 0 amide bonds. The van der Waals surface area contributed by atoms with Gasteiger partial charge in [0.25, 0.3) is 5.69 Å². The third-order valence-corrected chi connectivity index (χ3v) is 2.61. The molecule has 1 aromatic carbocycles. The first-order valence-electron chi connectivity index (χ1n) is 4.22. The van der Waals surface area contributed by atoms with E-state index in [2.05, 4.69) is 15.9 Å². The van der Waals surface area contributed by atoms with E-state index >= 15 is 0 Å². The first-order valence-corrected chi connectivity index (χ1v) is 5.35. The lowest BCUT2D eigenvalue weighted by molar-refractivity contribution is -0.385. The van der Waals surface area contributed by atoms with Gasteiger partial charge in [-0.3, -0.25) is 10.1 Å². The van der Waals surface area contributed by atoms with Crippen LogP contribution in [0.3, 0.4) is 0 Å². The van der Waals surface area contributed by atoms with Gasteiger partial charge in [0.2, 0.25) is 0 Å². The van der Waals surface area contributed by atoms with E-state index < -0.39 is 17.1 Å². The van der Waals surface area contributed by atoms with E-state index in [9.17, 15) is 20.3 Å². The van der Waals surface area contributed by atoms with E-state index in [1.807, 2.05) is 0 Å². The van der Waals surface area contributed by atoms with E-state index in [0.29, 0.717) is 5.56 Å². The molecule has 0 fully saturated rings. The highest BCUT2D eigenvalue weighted by atomic mass is 79.9. The Kier molecular flexibility index (Phi) is 4.19. The Hall–Kier alpha value is -0.980. The van der Waals surface area contributed by atoms with Crippen LogP contribution in [-0.2, 0) is 0 Å². The molecule has 0 bridgehead atoms. The molecule has 0 radical (unpaired) electrons. The minimum atomic E-state index is -1.12. The number of hydrogen-bond donors (Lipinski definition) is 2. The zero-order chi connectivity index (χ0) is 11.4. The summed E-state index contributed by atoms with van der Waals surface area (Å²) in [5.41, 5.74) is 0.226. The van der Waals surface area contributed by atoms with Crippen LogP contribution in [-0.4, -0.2) is 26.6 Å². The molecule has 0 aromatic heterocycles. The van der Waals surface area contributed by atoms with Crippen LogP contribution < -0.4 is 0 Å². The summed E-state index contributed by atoms with van der Waals surface area (Å²) < 4.78 is 0. The average molecular weight is 276 g/mol. The summed E-state index contributed by atoms with van der Waals surface area (Å²) in [5, 5.41) is 29.6. The van der Waals surface area contributed by atoms with Crippen molar-refractivity contribution < 1.29 is 15.1 Å². The van der Waals surface area contributed by atoms with Crippen LogP contribution in [0, 0.1) is 10.1 Å². The van der Waals surface area contributed by atoms with Crippen molar-refractivity contribution in [1.29, 1.82) is 0 Å². The van der Waals surface area contributed by atoms with E-state index in [1.165, 1.54) is 24.3 Å². The standard InChI is InChI=1S/C9H10BrNO4/c10-5-8(12)9(13)6-2-1-3-7(4-6)11(14)15/h1-4,8-9,12-13H,5H2. The minimum absolute atomic E-state index is 0.103. The van der Waals surface area contributed by atoms with Gasteiger partial charge in [0.1, 0.15) is 6.10 Å². The van der Waals surface area contributed by atoms with Gasteiger partial charge in [-0.15, -0.1) is 0 Å². The van der Waals surface area contributed by atoms with Gasteiger partial charge in [-0.05, 0) is 5.56 Å². The summed E-state index contributed by atoms with van der Waals surface area (Å²) >= 11 is 3.02. The van der Waals surface area contributed by atoms with Crippen molar-refractivity contribution in [2.24, 2.45) is 0 Å². The number of nitrogens with zero attached hydrogens (tertiary/aromatic N) is 1. The van der Waals surface area contributed by atoms with Crippen LogP contribution in [0.2, 0.25) is 0 Å². The van der Waals surface area contributed by atoms with Gasteiger partial charge >= 0.3 is 0 Å². The molecule has 2 unspecified atom stereocenters. The van der Waals surface area contributed by atoms with Crippen LogP contribution in [0.25, 0.3) is 0 Å². The van der Waals surface area contributed by atoms with Crippen LogP contribution in [0.1, 0.15) is 11.7 Å². The number of aliphatic hydroxyl groups is 2. The zero-order valence-electron chi connectivity index (χ0n) is 7.71. The predicted molar refractivity (Wildman–Crippen MR) is 57.9 cm³/mol. The molecule has 1 aromatic rings. The molecule has 0 aliphatic carbocycles. The molecule has 2 N–H and O–H groups in total. The Labute approximate surface area is 94.6 Å². The van der Waals surface area contributed by atoms with Gasteiger partial charge in [-0.2, -0.15) is 0 Å². The topological polar surface area (TPSA) is 83.6 Å². The second-order valence-corrected chi connectivity index (χ2v) is 3.67. The second kappa shape index (κ2) is 5.20. The number of rotatable bonds is 4. The molecule has 0 aliphatic rings. The highest BCUT2D eigenvalue weighted by Crippen LogP contribution is 2.22. The molecule has 2 atom stereocenters. The van der Waals surface area contributed by atoms with Gasteiger partial charge in [-0.1, -0.05) is 28.1 Å². The van der Waals surface area contributed by atoms with Crippen LogP contribution in [0.4, 0.5) is 5.69 Å². The lowest BCUT2D eigenvalue weighted by Gasteiger charge is -2.15. The van der Waals surface area contributed by atoms with Crippen molar-refractivity contribution in [2.75, 3.05) is 5.33 Å². The van der Waals surface area contributed by atoms with Gasteiger partial charge in [-0.25, -0.2) is 0 Å². The van der Waals surface area contributed by atoms with Crippen molar-refractivity contribution >= 4 is 21.6 Å². The van der Waals surface area contributed by atoms with Gasteiger partial charge in [0, 0.05) is 17.5 Å². The fourth-order valence-corrected chi connectivity index (χ4v) is 1.48. The molecule has 15 heavy (non-hydrogen) atoms. The van der Waals surface area contributed by atoms with Gasteiger partial charge in [0.15, 0.2) is 0 Å². The normalized spacial score (nSPS) is 14.6. The Morgan fingerprint density at radius 3 is 2.67 bits per heavy atom. The largest absolute Gasteiger partial charge is 0.389 e. The summed E-state index contributed by atoms with van der Waals surface area (Å²) in [6.45, 7) is 0. The Morgan fingerprint density at radius 2 is 2.13 bits per heavy atom. The summed E-state index contributed by atoms with van der Waals surface area (Å²) in [5.74, 6) is 0. The molecule has 0 heterocycles. The third kappa shape index (κ3) is 2.98. The maximum atomic E-state index is 10.5. The lowest BCUT2D eigenvalue weighted by Crippen LogP contribution is -2.19. The van der Waals surface area contributed by atoms with Crippen LogP contribution in [0.15, 0.2) is 24.3 Å². The molecular weight excluding hydrogens is 266 g/mol. The monoisotopic (exact) mass is 275 g/mol. The molecular formula is C9H10BrNO4. The number of benzene rings is 1. The highest BCUT2D eigenvalue weighted by Gasteiger charge is 2.18. The maximum absolute atomic E-state index is 10.5. The van der Waals surface area contributed by atoms with Crippen LogP contribution >= 0.6 is 15.9 Å². The number of aliphatic hydroxyl groups excluding tert-OH is 2. The molecule has 5 nitrogen and oxygen atoms in total. The molecule has 1 rings (SSSR count). The predicted octanol–water partition coefficient (Wildman–Crippen LogP) is 1.38. The van der Waals surface area contributed by atoms with Crippen molar-refractivity contribution in [3.8, 4) is 0 Å². The molecule has 0 aliphatic heterocycles. The summed E-state index contributed by atoms with van der Waals surface area (Å²) in [6, 6.07) is 5.58. The Bertz CT molecular complexity index is 358. The maximum Gasteiger partial charge on any atom is 0.269 e. The second-order valence-electron chi connectivity index (χ2n) is 3.02. The summed E-state index contributed by atoms with van der Waals surface area (Å²) in [6.07, 6.45) is -2.10. The highest BCUT2D eigenvalue weighted by molar-refractivity contribution is 9.09. The summed E-state index contributed by atoms with van der Waals surface area (Å²) in [4.78, 5) is 9.92. The molecule has 82 valence electrons. The van der Waals surface area contributed by atoms with E-state index in [1.54, 1.807) is 0 Å². The average Bonchev–Trinajstić information content (AvgIpc) is 2.27. The van der Waals surface area contributed by atoms with Crippen LogP contribution in [0.5, 0.6) is 0 Å². The number of halogens is 1. The fraction of sp³-hybridized carbons (Fsp3) is 0.333. The summed E-state index contributed by atoms with van der Waals surface area (Å²) in [7, 11) is 0. The van der Waals surface area contributed by atoms with Crippen molar-refractivity contribution in [3.05, 3.63) is 39.9 Å². The van der Waals surface area contributed by atoms with E-state index in [0.717, 1.165) is 0 Å². The van der Waals surface area contributed by atoms with Gasteiger partial charge in [0.05, 0.1) is 11.0 Å². The smallest absolute Gasteiger partial charge is 0.269 e. The zero-order valence-corrected chi connectivity index (χ0v) is 9.29. The number of non-ortho nitro benzene ring substituents is 1. The first-order chi connectivity index (χ1) is 7.06. The van der Waals surface area contributed by atoms with Crippen molar-refractivity contribution in [2.45, 2.75) is 12.2 Å². The van der Waals surface area contributed by atoms with Crippen molar-refractivity contribution in [1.82, 2.24) is 0 Å². The number of nitro groups is 1. The van der Waals surface area contributed by atoms with E-state index in [-0.39, 0.29) is 11.0 Å². The molecule has 0 saturated carbocycles. The molecule has 0 saturated heterocycles. The molecule has 0 spiro atoms. The first kappa shape index (κ1) is 12.1. The Morgan fingerprint density at radius 1 is 1.47 bits per heavy atom. The fourth-order valence-electron chi connectivity index (χ4n) is 1.13. The number of alkyl halides is 1. The number of nitro benzene ring substituents is 1.